The van der Waals surface area contributed by atoms with Crippen LogP contribution in [0.5, 0.6) is 5.75 Å². The fourth-order valence-electron chi connectivity index (χ4n) is 3.37. The summed E-state index contributed by atoms with van der Waals surface area (Å²) in [6.45, 7) is 5.97. The van der Waals surface area contributed by atoms with Crippen molar-refractivity contribution in [2.75, 3.05) is 26.9 Å². The van der Waals surface area contributed by atoms with Crippen LogP contribution in [0.2, 0.25) is 0 Å². The maximum Gasteiger partial charge on any atom is 0.261 e. The van der Waals surface area contributed by atoms with Gasteiger partial charge < -0.3 is 14.8 Å². The summed E-state index contributed by atoms with van der Waals surface area (Å²) >= 11 is 0. The summed E-state index contributed by atoms with van der Waals surface area (Å²) in [5.74, 6) is 0.954. The number of carbonyl (C=O) groups excluding carboxylic acids is 1. The van der Waals surface area contributed by atoms with E-state index in [2.05, 4.69) is 19.2 Å². The minimum Gasteiger partial charge on any atom is -0.494 e. The lowest BCUT2D eigenvalue weighted by Crippen LogP contribution is -2.26. The van der Waals surface area contributed by atoms with E-state index in [1.54, 1.807) is 17.9 Å². The molecule has 0 aliphatic rings. The monoisotopic (exact) mass is 472 g/mol. The third-order valence-electron chi connectivity index (χ3n) is 5.33. The Balaban J connectivity index is 1.90. The molecule has 0 aliphatic heterocycles. The van der Waals surface area contributed by atoms with Crippen LogP contribution in [0.25, 0.3) is 23.0 Å². The van der Waals surface area contributed by atoms with E-state index in [0.29, 0.717) is 43.4 Å². The maximum absolute atomic E-state index is 12.6. The SMILES string of the molecule is COCCCNC(=O)/C(C#N)=C/c1cn(-c2ccccc2)nc1-c1ccc(OCCC(C)C)cc1. The third-order valence-corrected chi connectivity index (χ3v) is 5.33. The summed E-state index contributed by atoms with van der Waals surface area (Å²) < 4.78 is 12.6. The molecule has 3 aromatic rings. The molecule has 0 fully saturated rings. The first-order valence-electron chi connectivity index (χ1n) is 11.8. The van der Waals surface area contributed by atoms with Gasteiger partial charge >= 0.3 is 0 Å². The fourth-order valence-corrected chi connectivity index (χ4v) is 3.37. The number of ether oxygens (including phenoxy) is 2. The quantitative estimate of drug-likeness (QED) is 0.227. The van der Waals surface area contributed by atoms with Crippen LogP contribution in [0.4, 0.5) is 0 Å². The molecule has 0 unspecified atom stereocenters. The molecule has 0 saturated heterocycles. The standard InChI is InChI=1S/C28H32N4O3/c1-21(2)14-17-35-26-12-10-22(11-13-26)27-24(20-32(31-27)25-8-5-4-6-9-25)18-23(19-29)28(33)30-15-7-16-34-3/h4-6,8-13,18,20-21H,7,14-17H2,1-3H3,(H,30,33)/b23-18+. The average molecular weight is 473 g/mol. The van der Waals surface area contributed by atoms with Gasteiger partial charge in [0.25, 0.3) is 5.91 Å². The summed E-state index contributed by atoms with van der Waals surface area (Å²) in [6, 6.07) is 19.4. The first-order valence-corrected chi connectivity index (χ1v) is 11.8. The highest BCUT2D eigenvalue weighted by atomic mass is 16.5. The molecule has 1 amide bonds. The molecule has 0 saturated carbocycles. The first kappa shape index (κ1) is 25.7. The average Bonchev–Trinajstić information content (AvgIpc) is 3.29. The Labute approximate surface area is 207 Å². The van der Waals surface area contributed by atoms with E-state index in [1.165, 1.54) is 0 Å². The van der Waals surface area contributed by atoms with Crippen LogP contribution in [-0.2, 0) is 9.53 Å². The van der Waals surface area contributed by atoms with Gasteiger partial charge in [0.15, 0.2) is 0 Å². The molecule has 7 heteroatoms. The molecular weight excluding hydrogens is 440 g/mol. The number of carbonyl (C=O) groups is 1. The summed E-state index contributed by atoms with van der Waals surface area (Å²) in [6.07, 6.45) is 5.07. The Kier molecular flexibility index (Phi) is 9.64. The Bertz CT molecular complexity index is 1160. The minimum atomic E-state index is -0.420. The van der Waals surface area contributed by atoms with Gasteiger partial charge in [0.05, 0.1) is 18.0 Å². The van der Waals surface area contributed by atoms with Crippen molar-refractivity contribution in [1.82, 2.24) is 15.1 Å². The predicted octanol–water partition coefficient (Wildman–Crippen LogP) is 5.02. The van der Waals surface area contributed by atoms with Crippen LogP contribution in [0.1, 0.15) is 32.3 Å². The highest BCUT2D eigenvalue weighted by Crippen LogP contribution is 2.27. The molecule has 1 aromatic heterocycles. The Morgan fingerprint density at radius 3 is 2.54 bits per heavy atom. The second-order valence-electron chi connectivity index (χ2n) is 8.54. The topological polar surface area (TPSA) is 89.2 Å². The number of nitrogens with zero attached hydrogens (tertiary/aromatic N) is 3. The van der Waals surface area contributed by atoms with Crippen molar-refractivity contribution in [3.05, 3.63) is 71.9 Å². The zero-order valence-electron chi connectivity index (χ0n) is 20.5. The molecule has 0 atom stereocenters. The van der Waals surface area contributed by atoms with E-state index in [4.69, 9.17) is 14.6 Å². The number of para-hydroxylation sites is 1. The molecule has 7 nitrogen and oxygen atoms in total. The second-order valence-corrected chi connectivity index (χ2v) is 8.54. The van der Waals surface area contributed by atoms with Gasteiger partial charge in [-0.25, -0.2) is 4.68 Å². The van der Waals surface area contributed by atoms with Crippen LogP contribution >= 0.6 is 0 Å². The van der Waals surface area contributed by atoms with Crippen LogP contribution in [0, 0.1) is 17.2 Å². The van der Waals surface area contributed by atoms with Crippen molar-refractivity contribution in [2.24, 2.45) is 5.92 Å². The van der Waals surface area contributed by atoms with Gasteiger partial charge in [-0.15, -0.1) is 0 Å². The van der Waals surface area contributed by atoms with Gasteiger partial charge in [-0.1, -0.05) is 32.0 Å². The lowest BCUT2D eigenvalue weighted by atomic mass is 10.1. The molecule has 0 radical (unpaired) electrons. The van der Waals surface area contributed by atoms with Gasteiger partial charge in [-0.05, 0) is 61.2 Å². The number of hydrogen-bond donors (Lipinski definition) is 1. The molecule has 1 heterocycles. The van der Waals surface area contributed by atoms with E-state index in [9.17, 15) is 10.1 Å². The number of rotatable bonds is 12. The largest absolute Gasteiger partial charge is 0.494 e. The minimum absolute atomic E-state index is 0.0184. The lowest BCUT2D eigenvalue weighted by Gasteiger charge is -2.08. The number of nitrogens with one attached hydrogen (secondary N) is 1. The van der Waals surface area contributed by atoms with Gasteiger partial charge in [0.1, 0.15) is 17.4 Å². The molecule has 3 rings (SSSR count). The number of methoxy groups -OCH3 is 1. The molecular formula is C28H32N4O3. The van der Waals surface area contributed by atoms with Crippen molar-refractivity contribution < 1.29 is 14.3 Å². The number of amides is 1. The summed E-state index contributed by atoms with van der Waals surface area (Å²) in [5.41, 5.74) is 3.10. The Morgan fingerprint density at radius 2 is 1.89 bits per heavy atom. The van der Waals surface area contributed by atoms with Gasteiger partial charge in [0.2, 0.25) is 0 Å². The van der Waals surface area contributed by atoms with Gasteiger partial charge in [-0.2, -0.15) is 10.4 Å². The van der Waals surface area contributed by atoms with Crippen molar-refractivity contribution in [3.8, 4) is 28.8 Å². The van der Waals surface area contributed by atoms with Crippen molar-refractivity contribution in [1.29, 1.82) is 5.26 Å². The Morgan fingerprint density at radius 1 is 1.14 bits per heavy atom. The number of benzene rings is 2. The number of aromatic nitrogens is 2. The van der Waals surface area contributed by atoms with Crippen LogP contribution in [0.3, 0.4) is 0 Å². The smallest absolute Gasteiger partial charge is 0.261 e. The molecule has 2 aromatic carbocycles. The van der Waals surface area contributed by atoms with Crippen LogP contribution in [-0.4, -0.2) is 42.6 Å². The van der Waals surface area contributed by atoms with E-state index < -0.39 is 5.91 Å². The molecule has 182 valence electrons. The first-order chi connectivity index (χ1) is 17.0. The van der Waals surface area contributed by atoms with Crippen LogP contribution in [0.15, 0.2) is 66.4 Å². The second kappa shape index (κ2) is 13.1. The number of hydrogen-bond acceptors (Lipinski definition) is 5. The summed E-state index contributed by atoms with van der Waals surface area (Å²) in [4.78, 5) is 12.6. The molecule has 0 aliphatic carbocycles. The molecule has 0 spiro atoms. The molecule has 35 heavy (non-hydrogen) atoms. The van der Waals surface area contributed by atoms with Crippen molar-refractivity contribution in [2.45, 2.75) is 26.7 Å². The van der Waals surface area contributed by atoms with E-state index in [-0.39, 0.29) is 5.57 Å². The number of nitriles is 1. The Hall–Kier alpha value is -3.89. The normalized spacial score (nSPS) is 11.3. The fraction of sp³-hybridized carbons (Fsp3) is 0.321. The zero-order valence-corrected chi connectivity index (χ0v) is 20.5. The highest BCUT2D eigenvalue weighted by molar-refractivity contribution is 6.02. The van der Waals surface area contributed by atoms with E-state index in [0.717, 1.165) is 23.4 Å². The zero-order chi connectivity index (χ0) is 25.0. The molecule has 1 N–H and O–H groups in total. The van der Waals surface area contributed by atoms with E-state index in [1.807, 2.05) is 66.9 Å². The highest BCUT2D eigenvalue weighted by Gasteiger charge is 2.15. The van der Waals surface area contributed by atoms with Gasteiger partial charge in [-0.3, -0.25) is 4.79 Å². The lowest BCUT2D eigenvalue weighted by molar-refractivity contribution is -0.117. The van der Waals surface area contributed by atoms with Crippen LogP contribution < -0.4 is 10.1 Å². The van der Waals surface area contributed by atoms with Crippen molar-refractivity contribution >= 4 is 12.0 Å². The maximum atomic E-state index is 12.6. The predicted molar refractivity (Wildman–Crippen MR) is 137 cm³/mol. The summed E-state index contributed by atoms with van der Waals surface area (Å²) in [5, 5.41) is 17.2. The van der Waals surface area contributed by atoms with E-state index >= 15 is 0 Å². The van der Waals surface area contributed by atoms with Gasteiger partial charge in [0, 0.05) is 37.6 Å². The third kappa shape index (κ3) is 7.56. The van der Waals surface area contributed by atoms with Crippen molar-refractivity contribution in [3.63, 3.8) is 0 Å². The summed E-state index contributed by atoms with van der Waals surface area (Å²) in [7, 11) is 1.61. The molecule has 0 bridgehead atoms.